The van der Waals surface area contributed by atoms with Gasteiger partial charge in [0.05, 0.1) is 6.42 Å². The number of aliphatic hydroxyl groups is 1. The monoisotopic (exact) mass is 594 g/mol. The van der Waals surface area contributed by atoms with E-state index in [1.54, 1.807) is 91.1 Å². The summed E-state index contributed by atoms with van der Waals surface area (Å²) in [5, 5.41) is 15.6. The van der Waals surface area contributed by atoms with Gasteiger partial charge in [-0.1, -0.05) is 36.1 Å². The summed E-state index contributed by atoms with van der Waals surface area (Å²) in [5.74, 6) is 4.09. The Kier molecular flexibility index (Phi) is 12.1. The molecule has 0 saturated heterocycles. The van der Waals surface area contributed by atoms with E-state index in [0.717, 1.165) is 5.56 Å². The van der Waals surface area contributed by atoms with Gasteiger partial charge in [-0.3, -0.25) is 20.2 Å². The molecule has 232 valence electrons. The molecule has 11 heteroatoms. The fourth-order valence-corrected chi connectivity index (χ4v) is 3.68. The number of ether oxygens (including phenoxy) is 2. The number of likely N-dealkylation sites (N-methyl/N-ethyl adjacent to an activating group) is 1. The van der Waals surface area contributed by atoms with Crippen molar-refractivity contribution in [3.63, 3.8) is 0 Å². The first kappa shape index (κ1) is 34.6. The van der Waals surface area contributed by atoms with Crippen LogP contribution < -0.4 is 10.6 Å². The first-order valence-corrected chi connectivity index (χ1v) is 13.7. The van der Waals surface area contributed by atoms with Crippen LogP contribution in [0.25, 0.3) is 0 Å². The molecule has 0 saturated carbocycles. The number of rotatable bonds is 8. The van der Waals surface area contributed by atoms with Gasteiger partial charge in [0.2, 0.25) is 5.91 Å². The molecule has 3 N–H and O–H groups in total. The van der Waals surface area contributed by atoms with Crippen molar-refractivity contribution in [1.82, 2.24) is 9.80 Å². The van der Waals surface area contributed by atoms with Gasteiger partial charge in [-0.25, -0.2) is 9.59 Å². The third-order valence-electron chi connectivity index (χ3n) is 5.50. The van der Waals surface area contributed by atoms with Gasteiger partial charge in [-0.2, -0.15) is 0 Å². The molecule has 1 atom stereocenters. The quantitative estimate of drug-likeness (QED) is 0.375. The Hall–Kier alpha value is -4.56. The Morgan fingerprint density at radius 1 is 0.791 bits per heavy atom. The molecule has 0 aliphatic carbocycles. The number of hydrogen-bond donors (Lipinski definition) is 3. The molecule has 43 heavy (non-hydrogen) atoms. The molecule has 0 aliphatic heterocycles. The number of anilines is 2. The van der Waals surface area contributed by atoms with E-state index in [2.05, 4.69) is 22.5 Å². The van der Waals surface area contributed by atoms with Crippen molar-refractivity contribution < 1.29 is 33.8 Å². The van der Waals surface area contributed by atoms with Gasteiger partial charge in [-0.15, -0.1) is 0 Å². The molecule has 0 heterocycles. The van der Waals surface area contributed by atoms with Crippen molar-refractivity contribution in [2.24, 2.45) is 0 Å². The maximum absolute atomic E-state index is 12.7. The van der Waals surface area contributed by atoms with E-state index in [9.17, 15) is 24.3 Å². The fraction of sp³-hybridized carbons (Fsp3) is 0.438. The van der Waals surface area contributed by atoms with E-state index in [1.165, 1.54) is 16.8 Å². The number of benzene rings is 2. The zero-order chi connectivity index (χ0) is 32.4. The summed E-state index contributed by atoms with van der Waals surface area (Å²) in [6, 6.07) is 13.9. The predicted octanol–water partition coefficient (Wildman–Crippen LogP) is 4.75. The van der Waals surface area contributed by atoms with Crippen LogP contribution in [0.5, 0.6) is 0 Å². The number of aliphatic hydroxyl groups excluding tert-OH is 1. The fourth-order valence-electron chi connectivity index (χ4n) is 3.68. The Bertz CT molecular complexity index is 1370. The van der Waals surface area contributed by atoms with Crippen molar-refractivity contribution in [2.75, 3.05) is 24.7 Å². The third-order valence-corrected chi connectivity index (χ3v) is 5.50. The standard InChI is InChI=1S/C32H42N4O7/c1-31(2,3)42-29(40)33-24-14-9-12-22(18-24)20-35(7)27(38)17-11-16-26(37)28(39)36(8)21-23-13-10-15-25(19-23)34-30(41)43-32(4,5)6/h9-10,12-15,18-19,26,37H,17,20-21H2,1-8H3,(H,33,40)(H,34,41). The molecule has 0 bridgehead atoms. The van der Waals surface area contributed by atoms with Crippen molar-refractivity contribution in [1.29, 1.82) is 0 Å². The van der Waals surface area contributed by atoms with Crippen LogP contribution in [0.1, 0.15) is 59.1 Å². The molecule has 0 spiro atoms. The molecular formula is C32H42N4O7. The SMILES string of the molecule is CN(Cc1cccc(NC(=O)OC(C)(C)C)c1)C(=O)CC#CC(O)C(=O)N(C)Cc1cccc(NC(=O)OC(C)(C)C)c1. The van der Waals surface area contributed by atoms with E-state index >= 15 is 0 Å². The largest absolute Gasteiger partial charge is 0.444 e. The van der Waals surface area contributed by atoms with Gasteiger partial charge < -0.3 is 24.4 Å². The number of carbonyl (C=O) groups is 4. The highest BCUT2D eigenvalue weighted by molar-refractivity contribution is 5.86. The first-order valence-electron chi connectivity index (χ1n) is 13.7. The number of nitrogens with one attached hydrogen (secondary N) is 2. The molecule has 11 nitrogen and oxygen atoms in total. The molecule has 2 aromatic rings. The number of nitrogens with zero attached hydrogens (tertiary/aromatic N) is 2. The van der Waals surface area contributed by atoms with Gasteiger partial charge in [0.25, 0.3) is 5.91 Å². The highest BCUT2D eigenvalue weighted by Gasteiger charge is 2.20. The van der Waals surface area contributed by atoms with Crippen molar-refractivity contribution in [3.8, 4) is 11.8 Å². The zero-order valence-electron chi connectivity index (χ0n) is 26.1. The summed E-state index contributed by atoms with van der Waals surface area (Å²) in [5.41, 5.74) is 1.26. The molecule has 2 rings (SSSR count). The highest BCUT2D eigenvalue weighted by Crippen LogP contribution is 2.16. The lowest BCUT2D eigenvalue weighted by Crippen LogP contribution is -2.35. The van der Waals surface area contributed by atoms with Crippen LogP contribution in [0, 0.1) is 11.8 Å². The molecule has 0 aliphatic rings. The van der Waals surface area contributed by atoms with E-state index < -0.39 is 35.4 Å². The van der Waals surface area contributed by atoms with Gasteiger partial charge in [0, 0.05) is 38.6 Å². The topological polar surface area (TPSA) is 138 Å². The summed E-state index contributed by atoms with van der Waals surface area (Å²) in [7, 11) is 3.13. The third kappa shape index (κ3) is 13.3. The number of amides is 4. The van der Waals surface area contributed by atoms with Crippen LogP contribution >= 0.6 is 0 Å². The van der Waals surface area contributed by atoms with Gasteiger partial charge in [0.15, 0.2) is 6.10 Å². The van der Waals surface area contributed by atoms with Crippen molar-refractivity contribution in [3.05, 3.63) is 59.7 Å². The Balaban J connectivity index is 1.88. The summed E-state index contributed by atoms with van der Waals surface area (Å²) in [6.45, 7) is 11.0. The smallest absolute Gasteiger partial charge is 0.412 e. The number of carbonyl (C=O) groups excluding carboxylic acids is 4. The highest BCUT2D eigenvalue weighted by atomic mass is 16.6. The second-order valence-electron chi connectivity index (χ2n) is 12.0. The molecular weight excluding hydrogens is 552 g/mol. The Morgan fingerprint density at radius 2 is 1.23 bits per heavy atom. The van der Waals surface area contributed by atoms with Gasteiger partial charge in [0.1, 0.15) is 11.2 Å². The lowest BCUT2D eigenvalue weighted by Gasteiger charge is -2.21. The van der Waals surface area contributed by atoms with Crippen LogP contribution in [-0.2, 0) is 32.2 Å². The first-order chi connectivity index (χ1) is 19.9. The predicted molar refractivity (Wildman–Crippen MR) is 164 cm³/mol. The minimum atomic E-state index is -1.61. The summed E-state index contributed by atoms with van der Waals surface area (Å²) in [6.07, 6.45) is -2.98. The average molecular weight is 595 g/mol. The van der Waals surface area contributed by atoms with Gasteiger partial charge >= 0.3 is 12.2 Å². The Morgan fingerprint density at radius 3 is 1.67 bits per heavy atom. The molecule has 2 aromatic carbocycles. The van der Waals surface area contributed by atoms with Crippen LogP contribution in [-0.4, -0.2) is 70.3 Å². The average Bonchev–Trinajstić information content (AvgIpc) is 2.86. The molecule has 0 fully saturated rings. The van der Waals surface area contributed by atoms with Crippen LogP contribution in [0.3, 0.4) is 0 Å². The van der Waals surface area contributed by atoms with E-state index in [4.69, 9.17) is 9.47 Å². The van der Waals surface area contributed by atoms with E-state index in [1.807, 2.05) is 6.07 Å². The Labute approximate surface area is 253 Å². The second kappa shape index (κ2) is 15.1. The van der Waals surface area contributed by atoms with Crippen LogP contribution in [0.15, 0.2) is 48.5 Å². The second-order valence-corrected chi connectivity index (χ2v) is 12.0. The molecule has 0 radical (unpaired) electrons. The van der Waals surface area contributed by atoms with Crippen LogP contribution in [0.2, 0.25) is 0 Å². The minimum absolute atomic E-state index is 0.158. The molecule has 0 aromatic heterocycles. The zero-order valence-corrected chi connectivity index (χ0v) is 26.1. The van der Waals surface area contributed by atoms with E-state index in [-0.39, 0.29) is 25.4 Å². The van der Waals surface area contributed by atoms with Crippen molar-refractivity contribution in [2.45, 2.75) is 78.4 Å². The summed E-state index contributed by atoms with van der Waals surface area (Å²) < 4.78 is 10.5. The maximum Gasteiger partial charge on any atom is 0.412 e. The van der Waals surface area contributed by atoms with Crippen LogP contribution in [0.4, 0.5) is 21.0 Å². The molecule has 4 amide bonds. The van der Waals surface area contributed by atoms with Gasteiger partial charge in [-0.05, 0) is 76.9 Å². The van der Waals surface area contributed by atoms with E-state index in [0.29, 0.717) is 16.9 Å². The lowest BCUT2D eigenvalue weighted by molar-refractivity contribution is -0.136. The minimum Gasteiger partial charge on any atom is -0.444 e. The maximum atomic E-state index is 12.7. The lowest BCUT2D eigenvalue weighted by atomic mass is 10.1. The van der Waals surface area contributed by atoms with Crippen molar-refractivity contribution >= 4 is 35.4 Å². The molecule has 1 unspecified atom stereocenters. The normalized spacial score (nSPS) is 11.7. The number of hydrogen-bond acceptors (Lipinski definition) is 7. The summed E-state index contributed by atoms with van der Waals surface area (Å²) >= 11 is 0. The summed E-state index contributed by atoms with van der Waals surface area (Å²) in [4.78, 5) is 52.1.